The lowest BCUT2D eigenvalue weighted by Gasteiger charge is -1.98. The van der Waals surface area contributed by atoms with Gasteiger partial charge in [-0.15, -0.1) is 0 Å². The van der Waals surface area contributed by atoms with E-state index in [0.29, 0.717) is 5.56 Å². The number of hydrogen-bond donors (Lipinski definition) is 0. The van der Waals surface area contributed by atoms with Gasteiger partial charge in [-0.25, -0.2) is 0 Å². The summed E-state index contributed by atoms with van der Waals surface area (Å²) < 4.78 is 4.72. The van der Waals surface area contributed by atoms with E-state index in [4.69, 9.17) is 10.00 Å². The lowest BCUT2D eigenvalue weighted by atomic mass is 10.2. The van der Waals surface area contributed by atoms with E-state index < -0.39 is 0 Å². The molecule has 0 aliphatic carbocycles. The van der Waals surface area contributed by atoms with Crippen molar-refractivity contribution in [2.45, 2.75) is 0 Å². The van der Waals surface area contributed by atoms with E-state index >= 15 is 0 Å². The maximum atomic E-state index is 10.9. The van der Waals surface area contributed by atoms with E-state index in [1.165, 1.54) is 25.3 Å². The van der Waals surface area contributed by atoms with Crippen LogP contribution in [-0.2, 0) is 5.11 Å². The number of nitriles is 1. The summed E-state index contributed by atoms with van der Waals surface area (Å²) in [5.74, 6) is 0.00977. The molecule has 55 valence electrons. The monoisotopic (exact) mass is 148 g/mol. The fourth-order valence-electron chi connectivity index (χ4n) is 0.737. The van der Waals surface area contributed by atoms with Crippen molar-refractivity contribution in [3.63, 3.8) is 0 Å². The Bertz CT molecular complexity index is 301. The van der Waals surface area contributed by atoms with Gasteiger partial charge in [-0.1, -0.05) is 0 Å². The number of methoxy groups -OCH3 is 1. The Kier molecular flexibility index (Phi) is 1.98. The molecule has 3 heteroatoms. The molecule has 0 fully saturated rings. The molecule has 0 unspecified atom stereocenters. The third-order valence-electron chi connectivity index (χ3n) is 1.29. The van der Waals surface area contributed by atoms with Gasteiger partial charge in [-0.05, 0) is 12.1 Å². The van der Waals surface area contributed by atoms with Crippen molar-refractivity contribution in [3.05, 3.63) is 23.8 Å². The van der Waals surface area contributed by atoms with Crippen molar-refractivity contribution in [1.29, 1.82) is 5.26 Å². The first-order valence-electron chi connectivity index (χ1n) is 3.03. The molecule has 3 nitrogen and oxygen atoms in total. The molecule has 0 bridgehead atoms. The van der Waals surface area contributed by atoms with Crippen LogP contribution in [0, 0.1) is 11.3 Å². The zero-order valence-corrected chi connectivity index (χ0v) is 6.00. The molecular weight excluding hydrogens is 142 g/mol. The van der Waals surface area contributed by atoms with Crippen LogP contribution in [-0.4, -0.2) is 7.11 Å². The van der Waals surface area contributed by atoms with Crippen LogP contribution >= 0.6 is 0 Å². The summed E-state index contributed by atoms with van der Waals surface area (Å²) in [4.78, 5) is 0. The van der Waals surface area contributed by atoms with Gasteiger partial charge in [-0.3, -0.25) is 5.11 Å². The molecule has 0 N–H and O–H groups in total. The minimum Gasteiger partial charge on any atom is -0.493 e. The highest BCUT2D eigenvalue weighted by Crippen LogP contribution is 2.26. The van der Waals surface area contributed by atoms with Crippen molar-refractivity contribution < 1.29 is 9.84 Å². The first kappa shape index (κ1) is 7.42. The number of hydrogen-bond acceptors (Lipinski definition) is 2. The van der Waals surface area contributed by atoms with E-state index in [1.807, 2.05) is 6.07 Å². The third-order valence-corrected chi connectivity index (χ3v) is 1.29. The van der Waals surface area contributed by atoms with Crippen LogP contribution < -0.4 is 4.74 Å². The van der Waals surface area contributed by atoms with Gasteiger partial charge >= 0.3 is 0 Å². The van der Waals surface area contributed by atoms with Crippen molar-refractivity contribution in [3.8, 4) is 17.6 Å². The topological polar surface area (TPSA) is 52.9 Å². The average Bonchev–Trinajstić information content (AvgIpc) is 2.05. The zero-order chi connectivity index (χ0) is 8.27. The molecule has 1 rings (SSSR count). The second-order valence-corrected chi connectivity index (χ2v) is 1.98. The van der Waals surface area contributed by atoms with Crippen molar-refractivity contribution >= 4 is 0 Å². The third kappa shape index (κ3) is 1.41. The van der Waals surface area contributed by atoms with Gasteiger partial charge in [0.2, 0.25) is 5.75 Å². The predicted molar refractivity (Wildman–Crippen MR) is 37.8 cm³/mol. The van der Waals surface area contributed by atoms with Gasteiger partial charge in [0, 0.05) is 6.07 Å². The number of rotatable bonds is 1. The van der Waals surface area contributed by atoms with Crippen LogP contribution in [0.15, 0.2) is 18.2 Å². The summed E-state index contributed by atoms with van der Waals surface area (Å²) >= 11 is 0. The van der Waals surface area contributed by atoms with Crippen molar-refractivity contribution in [2.75, 3.05) is 7.11 Å². The smallest absolute Gasteiger partial charge is 0.220 e. The van der Waals surface area contributed by atoms with Crippen LogP contribution in [0.1, 0.15) is 5.56 Å². The Labute approximate surface area is 64.5 Å². The van der Waals surface area contributed by atoms with Crippen LogP contribution in [0.5, 0.6) is 11.5 Å². The van der Waals surface area contributed by atoms with E-state index in [0.717, 1.165) is 0 Å². The summed E-state index contributed by atoms with van der Waals surface area (Å²) in [6.07, 6.45) is 0. The fraction of sp³-hybridized carbons (Fsp3) is 0.125. The predicted octanol–water partition coefficient (Wildman–Crippen LogP) is 1.71. The average molecular weight is 148 g/mol. The molecule has 0 amide bonds. The highest BCUT2D eigenvalue weighted by atomic mass is 16.5. The minimum absolute atomic E-state index is 0.202. The maximum absolute atomic E-state index is 10.9. The summed E-state index contributed by atoms with van der Waals surface area (Å²) in [6.45, 7) is 0. The Hall–Kier alpha value is -1.69. The van der Waals surface area contributed by atoms with Crippen LogP contribution in [0.2, 0.25) is 0 Å². The first-order chi connectivity index (χ1) is 5.27. The maximum Gasteiger partial charge on any atom is 0.220 e. The van der Waals surface area contributed by atoms with E-state index in [-0.39, 0.29) is 11.5 Å². The van der Waals surface area contributed by atoms with Crippen LogP contribution in [0.25, 0.3) is 0 Å². The summed E-state index contributed by atoms with van der Waals surface area (Å²) in [6, 6.07) is 6.11. The normalized spacial score (nSPS) is 8.73. The van der Waals surface area contributed by atoms with Gasteiger partial charge in [0.25, 0.3) is 0 Å². The largest absolute Gasteiger partial charge is 0.493 e. The van der Waals surface area contributed by atoms with E-state index in [2.05, 4.69) is 0 Å². The molecule has 0 aliphatic heterocycles. The second kappa shape index (κ2) is 2.93. The lowest BCUT2D eigenvalue weighted by Crippen LogP contribution is -1.83. The lowest BCUT2D eigenvalue weighted by molar-refractivity contribution is 0.315. The molecule has 0 saturated heterocycles. The van der Waals surface area contributed by atoms with E-state index in [1.54, 1.807) is 0 Å². The second-order valence-electron chi connectivity index (χ2n) is 1.98. The Balaban J connectivity index is 3.15. The molecule has 1 aromatic rings. The molecule has 0 saturated carbocycles. The molecule has 1 aromatic carbocycles. The van der Waals surface area contributed by atoms with Crippen LogP contribution in [0.3, 0.4) is 0 Å². The van der Waals surface area contributed by atoms with Gasteiger partial charge in [0.1, 0.15) is 0 Å². The van der Waals surface area contributed by atoms with Gasteiger partial charge in [-0.2, -0.15) is 5.26 Å². The quantitative estimate of drug-likeness (QED) is 0.608. The van der Waals surface area contributed by atoms with Crippen molar-refractivity contribution in [2.24, 2.45) is 0 Å². The Morgan fingerprint density at radius 3 is 2.82 bits per heavy atom. The van der Waals surface area contributed by atoms with Gasteiger partial charge < -0.3 is 4.74 Å². The summed E-state index contributed by atoms with van der Waals surface area (Å²) in [5, 5.41) is 19.3. The number of ether oxygens (including phenoxy) is 1. The summed E-state index contributed by atoms with van der Waals surface area (Å²) in [5.41, 5.74) is 0.432. The SMILES string of the molecule is COc1cc(C#N)ccc1[O]. The van der Waals surface area contributed by atoms with Gasteiger partial charge in [0.05, 0.1) is 18.7 Å². The molecule has 0 aliphatic rings. The summed E-state index contributed by atoms with van der Waals surface area (Å²) in [7, 11) is 1.40. The molecule has 0 spiro atoms. The fourth-order valence-corrected chi connectivity index (χ4v) is 0.737. The Morgan fingerprint density at radius 2 is 2.27 bits per heavy atom. The molecule has 0 aromatic heterocycles. The highest BCUT2D eigenvalue weighted by molar-refractivity contribution is 5.45. The standard InChI is InChI=1S/C8H6NO2/c1-11-8-4-6(5-9)2-3-7(8)10/h2-4H,1H3. The zero-order valence-electron chi connectivity index (χ0n) is 6.00. The molecule has 0 heterocycles. The van der Waals surface area contributed by atoms with Gasteiger partial charge in [0.15, 0.2) is 5.75 Å². The van der Waals surface area contributed by atoms with Crippen LogP contribution in [0.4, 0.5) is 0 Å². The Morgan fingerprint density at radius 1 is 1.55 bits per heavy atom. The highest BCUT2D eigenvalue weighted by Gasteiger charge is 2.02. The number of nitrogens with zero attached hydrogens (tertiary/aromatic N) is 1. The molecule has 11 heavy (non-hydrogen) atoms. The first-order valence-corrected chi connectivity index (χ1v) is 3.03. The minimum atomic E-state index is -0.202. The van der Waals surface area contributed by atoms with Crippen molar-refractivity contribution in [1.82, 2.24) is 0 Å². The molecular formula is C8H6NO2. The molecule has 0 atom stereocenters. The number of benzene rings is 1. The van der Waals surface area contributed by atoms with E-state index in [9.17, 15) is 5.11 Å². The molecule has 1 radical (unpaired) electrons.